The second-order valence-electron chi connectivity index (χ2n) is 2.41. The summed E-state index contributed by atoms with van der Waals surface area (Å²) in [5.41, 5.74) is 4.63. The molecule has 2 heteroatoms. The van der Waals surface area contributed by atoms with Crippen LogP contribution in [0.2, 0.25) is 0 Å². The molecule has 0 aromatic carbocycles. The predicted molar refractivity (Wildman–Crippen MR) is 60.3 cm³/mol. The van der Waals surface area contributed by atoms with Crippen LogP contribution in [0, 0.1) is 0 Å². The van der Waals surface area contributed by atoms with E-state index in [2.05, 4.69) is 13.2 Å². The third-order valence-corrected chi connectivity index (χ3v) is 2.24. The topological polar surface area (TPSA) is 0 Å². The molecule has 0 saturated carbocycles. The van der Waals surface area contributed by atoms with E-state index in [-0.39, 0.29) is 0 Å². The molecular formula is C10H13ClS. The van der Waals surface area contributed by atoms with E-state index in [0.717, 1.165) is 16.7 Å². The Morgan fingerprint density at radius 3 is 2.33 bits per heavy atom. The summed E-state index contributed by atoms with van der Waals surface area (Å²) >= 11 is 7.18. The van der Waals surface area contributed by atoms with E-state index in [9.17, 15) is 0 Å². The monoisotopic (exact) mass is 200 g/mol. The van der Waals surface area contributed by atoms with Gasteiger partial charge in [-0.1, -0.05) is 24.8 Å². The third-order valence-electron chi connectivity index (χ3n) is 1.33. The van der Waals surface area contributed by atoms with Crippen molar-refractivity contribution in [1.29, 1.82) is 0 Å². The first-order chi connectivity index (χ1) is 5.63. The molecule has 0 bridgehead atoms. The maximum Gasteiger partial charge on any atom is 0.0120 e. The van der Waals surface area contributed by atoms with E-state index in [1.165, 1.54) is 11.8 Å². The molecule has 0 radical (unpaired) electrons. The van der Waals surface area contributed by atoms with Crippen LogP contribution < -0.4 is 0 Å². The average Bonchev–Trinajstić information content (AvgIpc) is 2.01. The molecule has 0 spiro atoms. The number of halogens is 1. The summed E-state index contributed by atoms with van der Waals surface area (Å²) in [6.45, 7) is 11.4. The molecule has 0 atom stereocenters. The molecule has 0 nitrogen and oxygen atoms in total. The van der Waals surface area contributed by atoms with E-state index in [4.69, 9.17) is 11.6 Å². The lowest BCUT2D eigenvalue weighted by atomic mass is 10.1. The van der Waals surface area contributed by atoms with Crippen LogP contribution in [-0.4, -0.2) is 0 Å². The van der Waals surface area contributed by atoms with Crippen molar-refractivity contribution in [1.82, 2.24) is 0 Å². The maximum atomic E-state index is 5.64. The van der Waals surface area contributed by atoms with Crippen molar-refractivity contribution in [2.45, 2.75) is 13.8 Å². The van der Waals surface area contributed by atoms with Gasteiger partial charge in [0.25, 0.3) is 0 Å². The minimum absolute atomic E-state index is 0.975. The number of allylic oxidation sites excluding steroid dienone is 3. The highest BCUT2D eigenvalue weighted by molar-refractivity contribution is 8.04. The lowest BCUT2D eigenvalue weighted by Crippen LogP contribution is -1.84. The van der Waals surface area contributed by atoms with Gasteiger partial charge in [0.15, 0.2) is 0 Å². The van der Waals surface area contributed by atoms with Gasteiger partial charge in [-0.2, -0.15) is 0 Å². The SMILES string of the molecule is C=CS/C=C(C)/C(=C/Cl)C(=C)C. The number of rotatable bonds is 4. The van der Waals surface area contributed by atoms with Crippen molar-refractivity contribution in [3.63, 3.8) is 0 Å². The van der Waals surface area contributed by atoms with Gasteiger partial charge in [0.05, 0.1) is 0 Å². The maximum absolute atomic E-state index is 5.64. The van der Waals surface area contributed by atoms with Gasteiger partial charge in [-0.3, -0.25) is 0 Å². The minimum Gasteiger partial charge on any atom is -0.106 e. The quantitative estimate of drug-likeness (QED) is 0.604. The summed E-state index contributed by atoms with van der Waals surface area (Å²) in [6, 6.07) is 0. The molecule has 0 saturated heterocycles. The molecule has 0 N–H and O–H groups in total. The average molecular weight is 201 g/mol. The number of hydrogen-bond acceptors (Lipinski definition) is 1. The Morgan fingerprint density at radius 2 is 2.00 bits per heavy atom. The zero-order valence-corrected chi connectivity index (χ0v) is 9.00. The normalized spacial score (nSPS) is 12.9. The van der Waals surface area contributed by atoms with Crippen LogP contribution in [0.5, 0.6) is 0 Å². The Morgan fingerprint density at radius 1 is 1.42 bits per heavy atom. The van der Waals surface area contributed by atoms with Gasteiger partial charge in [-0.15, -0.1) is 11.8 Å². The predicted octanol–water partition coefficient (Wildman–Crippen LogP) is 4.47. The molecule has 66 valence electrons. The Bertz CT molecular complexity index is 236. The van der Waals surface area contributed by atoms with E-state index in [1.54, 1.807) is 10.9 Å². The Balaban J connectivity index is 4.53. The van der Waals surface area contributed by atoms with Crippen LogP contribution in [-0.2, 0) is 0 Å². The van der Waals surface area contributed by atoms with Crippen molar-refractivity contribution >= 4 is 23.4 Å². The summed E-state index contributed by atoms with van der Waals surface area (Å²) in [7, 11) is 0. The minimum atomic E-state index is 0.975. The lowest BCUT2D eigenvalue weighted by Gasteiger charge is -2.04. The molecule has 0 fully saturated rings. The number of thioether (sulfide) groups is 1. The van der Waals surface area contributed by atoms with E-state index in [1.807, 2.05) is 19.3 Å². The summed E-state index contributed by atoms with van der Waals surface area (Å²) in [6.07, 6.45) is 0. The molecule has 12 heavy (non-hydrogen) atoms. The van der Waals surface area contributed by atoms with Crippen LogP contribution in [0.4, 0.5) is 0 Å². The van der Waals surface area contributed by atoms with Gasteiger partial charge < -0.3 is 0 Å². The van der Waals surface area contributed by atoms with E-state index < -0.39 is 0 Å². The smallest absolute Gasteiger partial charge is 0.0120 e. The van der Waals surface area contributed by atoms with E-state index in [0.29, 0.717) is 0 Å². The summed E-state index contributed by atoms with van der Waals surface area (Å²) in [5, 5.41) is 3.77. The molecule has 0 aliphatic rings. The molecule has 0 aliphatic carbocycles. The van der Waals surface area contributed by atoms with Crippen molar-refractivity contribution in [2.75, 3.05) is 0 Å². The summed E-state index contributed by atoms with van der Waals surface area (Å²) in [4.78, 5) is 0. The second kappa shape index (κ2) is 6.15. The first-order valence-electron chi connectivity index (χ1n) is 3.53. The molecule has 0 aromatic rings. The largest absolute Gasteiger partial charge is 0.106 e. The highest BCUT2D eigenvalue weighted by Gasteiger charge is 1.98. The molecular weight excluding hydrogens is 188 g/mol. The van der Waals surface area contributed by atoms with Gasteiger partial charge in [0.1, 0.15) is 0 Å². The summed E-state index contributed by atoms with van der Waals surface area (Å²) < 4.78 is 0. The zero-order valence-electron chi connectivity index (χ0n) is 7.43. The van der Waals surface area contributed by atoms with Gasteiger partial charge in [0, 0.05) is 5.54 Å². The molecule has 0 heterocycles. The number of hydrogen-bond donors (Lipinski definition) is 0. The molecule has 0 rings (SSSR count). The Labute approximate surface area is 83.7 Å². The fourth-order valence-electron chi connectivity index (χ4n) is 0.729. The Kier molecular flexibility index (Phi) is 5.95. The first kappa shape index (κ1) is 11.6. The molecule has 0 unspecified atom stereocenters. The fraction of sp³-hybridized carbons (Fsp3) is 0.200. The van der Waals surface area contributed by atoms with Crippen LogP contribution in [0.25, 0.3) is 0 Å². The van der Waals surface area contributed by atoms with Crippen molar-refractivity contribution in [3.05, 3.63) is 46.2 Å². The van der Waals surface area contributed by atoms with Gasteiger partial charge >= 0.3 is 0 Å². The van der Waals surface area contributed by atoms with Crippen LogP contribution >= 0.6 is 23.4 Å². The molecule has 0 aromatic heterocycles. The van der Waals surface area contributed by atoms with Crippen molar-refractivity contribution < 1.29 is 0 Å². The zero-order chi connectivity index (χ0) is 9.56. The van der Waals surface area contributed by atoms with Crippen molar-refractivity contribution in [2.24, 2.45) is 0 Å². The lowest BCUT2D eigenvalue weighted by molar-refractivity contribution is 1.35. The standard InChI is InChI=1S/C10H13ClS/c1-5-12-7-9(4)10(6-11)8(2)3/h5-7H,1-2H2,3-4H3/b9-7+,10-6+. The molecule has 0 aliphatic heterocycles. The van der Waals surface area contributed by atoms with E-state index >= 15 is 0 Å². The fourth-order valence-corrected chi connectivity index (χ4v) is 1.52. The second-order valence-corrected chi connectivity index (χ2v) is 3.47. The summed E-state index contributed by atoms with van der Waals surface area (Å²) in [5.74, 6) is 0. The highest BCUT2D eigenvalue weighted by atomic mass is 35.5. The third kappa shape index (κ3) is 3.84. The van der Waals surface area contributed by atoms with Crippen LogP contribution in [0.1, 0.15) is 13.8 Å². The van der Waals surface area contributed by atoms with Crippen LogP contribution in [0.3, 0.4) is 0 Å². The Hall–Kier alpha value is -0.400. The first-order valence-corrected chi connectivity index (χ1v) is 4.91. The highest BCUT2D eigenvalue weighted by Crippen LogP contribution is 2.21. The van der Waals surface area contributed by atoms with Crippen molar-refractivity contribution in [3.8, 4) is 0 Å². The molecule has 0 amide bonds. The van der Waals surface area contributed by atoms with Gasteiger partial charge in [-0.05, 0) is 41.4 Å². The van der Waals surface area contributed by atoms with Crippen LogP contribution in [0.15, 0.2) is 46.2 Å². The van der Waals surface area contributed by atoms with Gasteiger partial charge in [0.2, 0.25) is 0 Å². The van der Waals surface area contributed by atoms with Gasteiger partial charge in [-0.25, -0.2) is 0 Å².